The maximum atomic E-state index is 12.3. The maximum Gasteiger partial charge on any atom is 0.241 e. The lowest BCUT2D eigenvalue weighted by Crippen LogP contribution is -2.50. The Kier molecular flexibility index (Phi) is 6.29. The molecular weight excluding hydrogens is 398 g/mol. The number of methoxy groups -OCH3 is 1. The normalized spacial score (nSPS) is 12.4. The van der Waals surface area contributed by atoms with Gasteiger partial charge in [0.05, 0.1) is 17.5 Å². The molecule has 1 rings (SSSR count). The molecule has 0 spiro atoms. The van der Waals surface area contributed by atoms with Crippen molar-refractivity contribution >= 4 is 41.9 Å². The Morgan fingerprint density at radius 2 is 1.74 bits per heavy atom. The van der Waals surface area contributed by atoms with Crippen LogP contribution in [0.25, 0.3) is 0 Å². The van der Waals surface area contributed by atoms with Gasteiger partial charge in [0.1, 0.15) is 5.75 Å². The summed E-state index contributed by atoms with van der Waals surface area (Å²) in [5.74, 6) is 0.627. The summed E-state index contributed by atoms with van der Waals surface area (Å²) in [5, 5.41) is 1.08. The third kappa shape index (κ3) is 4.18. The first-order chi connectivity index (χ1) is 8.93. The van der Waals surface area contributed by atoms with Crippen molar-refractivity contribution in [3.8, 4) is 5.75 Å². The van der Waals surface area contributed by atoms with Gasteiger partial charge >= 0.3 is 0 Å². The summed E-state index contributed by atoms with van der Waals surface area (Å²) in [6, 6.07) is 6.32. The van der Waals surface area contributed by atoms with Crippen LogP contribution in [0.2, 0.25) is 0 Å². The van der Waals surface area contributed by atoms with Crippen LogP contribution in [0.4, 0.5) is 0 Å². The molecule has 7 heteroatoms. The third-order valence-corrected chi connectivity index (χ3v) is 6.65. The van der Waals surface area contributed by atoms with Gasteiger partial charge in [-0.2, -0.15) is 0 Å². The Bertz CT molecular complexity index is 490. The van der Waals surface area contributed by atoms with Crippen molar-refractivity contribution in [1.29, 1.82) is 0 Å². The number of ether oxygens (including phenoxy) is 1. The molecule has 0 saturated heterocycles. The lowest BCUT2D eigenvalue weighted by atomic mass is 10.0. The SMILES string of the molecule is CCC(CBr)(CBr)NS(=O)(=O)c1ccc(OC)cc1. The van der Waals surface area contributed by atoms with Crippen LogP contribution in [-0.4, -0.2) is 31.7 Å². The van der Waals surface area contributed by atoms with Crippen LogP contribution in [0.1, 0.15) is 13.3 Å². The highest BCUT2D eigenvalue weighted by molar-refractivity contribution is 9.09. The first kappa shape index (κ1) is 16.9. The summed E-state index contributed by atoms with van der Waals surface area (Å²) in [6.07, 6.45) is 0.679. The van der Waals surface area contributed by atoms with Gasteiger partial charge in [-0.25, -0.2) is 13.1 Å². The van der Waals surface area contributed by atoms with Crippen LogP contribution in [0.5, 0.6) is 5.75 Å². The van der Waals surface area contributed by atoms with Gasteiger partial charge < -0.3 is 4.74 Å². The number of sulfonamides is 1. The second-order valence-corrected chi connectivity index (χ2v) is 6.99. The molecule has 0 aliphatic rings. The molecular formula is C12H17Br2NO3S. The van der Waals surface area contributed by atoms with E-state index < -0.39 is 15.6 Å². The van der Waals surface area contributed by atoms with Crippen LogP contribution in [0, 0.1) is 0 Å². The van der Waals surface area contributed by atoms with Gasteiger partial charge in [-0.15, -0.1) is 0 Å². The van der Waals surface area contributed by atoms with E-state index in [4.69, 9.17) is 4.74 Å². The van der Waals surface area contributed by atoms with E-state index in [0.717, 1.165) is 0 Å². The smallest absolute Gasteiger partial charge is 0.241 e. The largest absolute Gasteiger partial charge is 0.497 e. The summed E-state index contributed by atoms with van der Waals surface area (Å²) in [4.78, 5) is 0.230. The summed E-state index contributed by atoms with van der Waals surface area (Å²) in [5.41, 5.74) is -0.529. The van der Waals surface area contributed by atoms with E-state index in [0.29, 0.717) is 22.8 Å². The molecule has 4 nitrogen and oxygen atoms in total. The van der Waals surface area contributed by atoms with E-state index in [-0.39, 0.29) is 4.90 Å². The van der Waals surface area contributed by atoms with Crippen molar-refractivity contribution in [3.05, 3.63) is 24.3 Å². The van der Waals surface area contributed by atoms with E-state index in [1.807, 2.05) is 6.92 Å². The first-order valence-corrected chi connectivity index (χ1v) is 9.45. The molecule has 1 N–H and O–H groups in total. The van der Waals surface area contributed by atoms with E-state index in [1.54, 1.807) is 19.2 Å². The molecule has 1 aromatic carbocycles. The quantitative estimate of drug-likeness (QED) is 0.698. The van der Waals surface area contributed by atoms with E-state index in [2.05, 4.69) is 36.6 Å². The summed E-state index contributed by atoms with van der Waals surface area (Å²) >= 11 is 6.73. The molecule has 0 unspecified atom stereocenters. The highest BCUT2D eigenvalue weighted by Crippen LogP contribution is 2.22. The molecule has 0 heterocycles. The zero-order valence-corrected chi connectivity index (χ0v) is 14.8. The first-order valence-electron chi connectivity index (χ1n) is 5.73. The Morgan fingerprint density at radius 1 is 1.21 bits per heavy atom. The van der Waals surface area contributed by atoms with Crippen LogP contribution in [0.3, 0.4) is 0 Å². The standard InChI is InChI=1S/C12H17Br2NO3S/c1-3-12(8-13,9-14)15-19(16,17)11-6-4-10(18-2)5-7-11/h4-7,15H,3,8-9H2,1-2H3. The van der Waals surface area contributed by atoms with Gasteiger partial charge in [0.15, 0.2) is 0 Å². The molecule has 0 saturated carbocycles. The Labute approximate surface area is 131 Å². The molecule has 0 amide bonds. The van der Waals surface area contributed by atoms with Crippen molar-refractivity contribution in [2.75, 3.05) is 17.8 Å². The highest BCUT2D eigenvalue weighted by atomic mass is 79.9. The number of hydrogen-bond donors (Lipinski definition) is 1. The zero-order valence-electron chi connectivity index (χ0n) is 10.8. The summed E-state index contributed by atoms with van der Waals surface area (Å²) in [7, 11) is -2.00. The van der Waals surface area contributed by atoms with Gasteiger partial charge in [0.25, 0.3) is 0 Å². The van der Waals surface area contributed by atoms with Crippen molar-refractivity contribution < 1.29 is 13.2 Å². The second-order valence-electron chi connectivity index (χ2n) is 4.18. The minimum atomic E-state index is -3.54. The highest BCUT2D eigenvalue weighted by Gasteiger charge is 2.31. The van der Waals surface area contributed by atoms with Gasteiger partial charge in [-0.05, 0) is 30.7 Å². The molecule has 0 bridgehead atoms. The molecule has 0 atom stereocenters. The van der Waals surface area contributed by atoms with E-state index in [1.165, 1.54) is 12.1 Å². The Balaban J connectivity index is 3.03. The van der Waals surface area contributed by atoms with Gasteiger partial charge in [-0.3, -0.25) is 0 Å². The van der Waals surface area contributed by atoms with Crippen molar-refractivity contribution in [2.45, 2.75) is 23.8 Å². The fourth-order valence-corrected chi connectivity index (χ4v) is 5.29. The van der Waals surface area contributed by atoms with Gasteiger partial charge in [-0.1, -0.05) is 38.8 Å². The fraction of sp³-hybridized carbons (Fsp3) is 0.500. The van der Waals surface area contributed by atoms with Crippen molar-refractivity contribution in [3.63, 3.8) is 0 Å². The molecule has 0 fully saturated rings. The minimum Gasteiger partial charge on any atom is -0.497 e. The van der Waals surface area contributed by atoms with Crippen molar-refractivity contribution in [1.82, 2.24) is 4.72 Å². The number of alkyl halides is 2. The number of rotatable bonds is 7. The minimum absolute atomic E-state index is 0.230. The van der Waals surface area contributed by atoms with E-state index in [9.17, 15) is 8.42 Å². The van der Waals surface area contributed by atoms with Crippen LogP contribution in [-0.2, 0) is 10.0 Å². The van der Waals surface area contributed by atoms with Crippen LogP contribution < -0.4 is 9.46 Å². The Hall–Kier alpha value is -0.110. The molecule has 19 heavy (non-hydrogen) atoms. The molecule has 0 aromatic heterocycles. The topological polar surface area (TPSA) is 55.4 Å². The van der Waals surface area contributed by atoms with Crippen LogP contribution in [0.15, 0.2) is 29.2 Å². The summed E-state index contributed by atoms with van der Waals surface area (Å²) < 4.78 is 32.4. The van der Waals surface area contributed by atoms with Gasteiger partial charge in [0.2, 0.25) is 10.0 Å². The number of benzene rings is 1. The molecule has 0 aliphatic carbocycles. The van der Waals surface area contributed by atoms with E-state index >= 15 is 0 Å². The number of halogens is 2. The zero-order chi connectivity index (χ0) is 14.5. The lowest BCUT2D eigenvalue weighted by molar-refractivity contribution is 0.414. The van der Waals surface area contributed by atoms with Crippen molar-refractivity contribution in [2.24, 2.45) is 0 Å². The Morgan fingerprint density at radius 3 is 2.11 bits per heavy atom. The average molecular weight is 415 g/mol. The molecule has 0 radical (unpaired) electrons. The summed E-state index contributed by atoms with van der Waals surface area (Å²) in [6.45, 7) is 1.94. The second kappa shape index (κ2) is 7.06. The fourth-order valence-electron chi connectivity index (χ4n) is 1.45. The molecule has 0 aliphatic heterocycles. The predicted octanol–water partition coefficient (Wildman–Crippen LogP) is 2.91. The molecule has 1 aromatic rings. The monoisotopic (exact) mass is 413 g/mol. The molecule has 108 valence electrons. The maximum absolute atomic E-state index is 12.3. The van der Waals surface area contributed by atoms with Gasteiger partial charge in [0, 0.05) is 10.7 Å². The average Bonchev–Trinajstić information content (AvgIpc) is 2.45. The number of nitrogens with one attached hydrogen (secondary N) is 1. The number of hydrogen-bond acceptors (Lipinski definition) is 3. The van der Waals surface area contributed by atoms with Crippen LogP contribution >= 0.6 is 31.9 Å². The lowest BCUT2D eigenvalue weighted by Gasteiger charge is -2.29. The predicted molar refractivity (Wildman–Crippen MR) is 83.9 cm³/mol. The third-order valence-electron chi connectivity index (χ3n) is 2.91.